The number of aromatic nitrogens is 4. The minimum Gasteiger partial charge on any atom is -0.479 e. The van der Waals surface area contributed by atoms with Crippen molar-refractivity contribution >= 4 is 23.3 Å². The van der Waals surface area contributed by atoms with Crippen LogP contribution in [0.5, 0.6) is 5.88 Å². The van der Waals surface area contributed by atoms with Gasteiger partial charge in [0.2, 0.25) is 11.7 Å². The van der Waals surface area contributed by atoms with E-state index in [0.29, 0.717) is 25.0 Å². The number of nitrogens with one attached hydrogen (secondary N) is 1. The van der Waals surface area contributed by atoms with Gasteiger partial charge in [0.25, 0.3) is 12.3 Å². The summed E-state index contributed by atoms with van der Waals surface area (Å²) in [6, 6.07) is 3.82. The summed E-state index contributed by atoms with van der Waals surface area (Å²) < 4.78 is 78.1. The lowest BCUT2D eigenvalue weighted by atomic mass is 9.41. The summed E-state index contributed by atoms with van der Waals surface area (Å²) in [7, 11) is 1.39. The first kappa shape index (κ1) is 25.2. The number of ether oxygens (including phenoxy) is 1. The van der Waals surface area contributed by atoms with Crippen LogP contribution in [0.25, 0.3) is 5.78 Å². The van der Waals surface area contributed by atoms with Crippen molar-refractivity contribution in [2.45, 2.75) is 42.9 Å². The van der Waals surface area contributed by atoms with E-state index in [2.05, 4.69) is 20.3 Å². The van der Waals surface area contributed by atoms with Gasteiger partial charge in [-0.2, -0.15) is 18.2 Å². The molecule has 3 fully saturated rings. The van der Waals surface area contributed by atoms with Crippen molar-refractivity contribution < 1.29 is 45.8 Å². The molecule has 0 spiro atoms. The maximum absolute atomic E-state index is 13.9. The number of fused-ring (bicyclic) bond motifs is 1. The number of anilines is 1. The SMILES string of the molecule is COc1nc2nc(C34CC(F)(C3)C4)cn2cc1NC(=O)c1cccc(C(F)F)n1.O=C(O)C(F)(F)F. The molecule has 0 unspecified atom stereocenters. The molecule has 9 nitrogen and oxygen atoms in total. The first-order valence-corrected chi connectivity index (χ1v) is 10.2. The topological polar surface area (TPSA) is 119 Å². The van der Waals surface area contributed by atoms with Crippen LogP contribution < -0.4 is 10.1 Å². The van der Waals surface area contributed by atoms with Gasteiger partial charge in [-0.3, -0.25) is 9.20 Å². The van der Waals surface area contributed by atoms with Crippen molar-refractivity contribution in [3.05, 3.63) is 47.7 Å². The number of nitrogens with zero attached hydrogens (tertiary/aromatic N) is 4. The van der Waals surface area contributed by atoms with Crippen molar-refractivity contribution in [3.63, 3.8) is 0 Å². The van der Waals surface area contributed by atoms with Gasteiger partial charge in [0.05, 0.1) is 12.8 Å². The van der Waals surface area contributed by atoms with E-state index >= 15 is 0 Å². The highest BCUT2D eigenvalue weighted by Crippen LogP contribution is 2.69. The summed E-state index contributed by atoms with van der Waals surface area (Å²) >= 11 is 0. The van der Waals surface area contributed by atoms with Gasteiger partial charge in [-0.15, -0.1) is 0 Å². The number of rotatable bonds is 5. The first-order chi connectivity index (χ1) is 16.7. The Bertz CT molecular complexity index is 1320. The number of imidazole rings is 1. The van der Waals surface area contributed by atoms with Crippen LogP contribution in [0.15, 0.2) is 30.6 Å². The number of carboxylic acid groups (broad SMARTS) is 1. The van der Waals surface area contributed by atoms with E-state index in [1.165, 1.54) is 19.2 Å². The number of carbonyl (C=O) groups is 2. The molecule has 36 heavy (non-hydrogen) atoms. The summed E-state index contributed by atoms with van der Waals surface area (Å²) in [6.07, 6.45) is -3.11. The molecule has 3 aromatic heterocycles. The smallest absolute Gasteiger partial charge is 0.479 e. The summed E-state index contributed by atoms with van der Waals surface area (Å²) in [5.41, 5.74) is -0.905. The minimum absolute atomic E-state index is 0.118. The number of aliphatic carboxylic acids is 1. The second-order valence-corrected chi connectivity index (χ2v) is 8.46. The van der Waals surface area contributed by atoms with E-state index in [1.54, 1.807) is 16.8 Å². The van der Waals surface area contributed by atoms with Gasteiger partial charge in [0.1, 0.15) is 22.7 Å². The minimum atomic E-state index is -5.08. The zero-order chi connectivity index (χ0) is 26.5. The average molecular weight is 517 g/mol. The van der Waals surface area contributed by atoms with Crippen molar-refractivity contribution in [1.82, 2.24) is 19.4 Å². The van der Waals surface area contributed by atoms with Gasteiger partial charge in [0.15, 0.2) is 0 Å². The standard InChI is InChI=1S/C19H16F3N5O2.C2HF3O2/c1-29-16-12(24-15(28)11-4-2-3-10(23-11)14(20)21)5-27-6-13(25-17(27)26-16)18-7-19(22,8-18)9-18;3-2(4,5)1(6)7/h2-6,14H,7-9H2,1H3,(H,24,28);(H,6,7). The predicted octanol–water partition coefficient (Wildman–Crippen LogP) is 4.10. The molecule has 2 bridgehead atoms. The largest absolute Gasteiger partial charge is 0.490 e. The maximum Gasteiger partial charge on any atom is 0.490 e. The highest BCUT2D eigenvalue weighted by Gasteiger charge is 2.70. The van der Waals surface area contributed by atoms with E-state index in [0.717, 1.165) is 11.8 Å². The lowest BCUT2D eigenvalue weighted by Crippen LogP contribution is -2.67. The van der Waals surface area contributed by atoms with Crippen LogP contribution in [0.4, 0.5) is 32.0 Å². The predicted molar refractivity (Wildman–Crippen MR) is 110 cm³/mol. The van der Waals surface area contributed by atoms with Crippen molar-refractivity contribution in [2.75, 3.05) is 12.4 Å². The Hall–Kier alpha value is -3.91. The number of hydrogen-bond donors (Lipinski definition) is 2. The number of pyridine rings is 1. The van der Waals surface area contributed by atoms with Crippen LogP contribution in [0.3, 0.4) is 0 Å². The fourth-order valence-electron chi connectivity index (χ4n) is 4.23. The molecule has 1 amide bonds. The number of methoxy groups -OCH3 is 1. The molecule has 15 heteroatoms. The Morgan fingerprint density at radius 2 is 1.78 bits per heavy atom. The average Bonchev–Trinajstić information content (AvgIpc) is 3.18. The summed E-state index contributed by atoms with van der Waals surface area (Å²) in [4.78, 5) is 33.8. The van der Waals surface area contributed by atoms with Crippen molar-refractivity contribution in [1.29, 1.82) is 0 Å². The third kappa shape index (κ3) is 4.64. The normalized spacial score (nSPS) is 22.2. The van der Waals surface area contributed by atoms with Crippen molar-refractivity contribution in [3.8, 4) is 5.88 Å². The molecule has 0 aromatic carbocycles. The maximum atomic E-state index is 13.9. The van der Waals surface area contributed by atoms with Crippen LogP contribution in [0, 0.1) is 0 Å². The molecular formula is C21H17F6N5O4. The molecule has 6 rings (SSSR count). The molecule has 0 radical (unpaired) electrons. The quantitative estimate of drug-likeness (QED) is 0.489. The molecule has 0 saturated heterocycles. The molecule has 3 aromatic rings. The molecule has 3 aliphatic carbocycles. The molecule has 3 saturated carbocycles. The van der Waals surface area contributed by atoms with Gasteiger partial charge < -0.3 is 15.2 Å². The summed E-state index contributed by atoms with van der Waals surface area (Å²) in [6.45, 7) is 0. The third-order valence-electron chi connectivity index (χ3n) is 5.83. The van der Waals surface area contributed by atoms with E-state index in [9.17, 15) is 31.1 Å². The second-order valence-electron chi connectivity index (χ2n) is 8.46. The lowest BCUT2D eigenvalue weighted by Gasteiger charge is -2.65. The number of carbonyl (C=O) groups excluding carboxylic acids is 1. The van der Waals surface area contributed by atoms with Crippen LogP contribution in [0.2, 0.25) is 0 Å². The second kappa shape index (κ2) is 8.64. The third-order valence-corrected chi connectivity index (χ3v) is 5.83. The van der Waals surface area contributed by atoms with E-state index in [4.69, 9.17) is 14.6 Å². The van der Waals surface area contributed by atoms with Crippen LogP contribution >= 0.6 is 0 Å². The Morgan fingerprint density at radius 1 is 1.14 bits per heavy atom. The Labute approximate surface area is 198 Å². The summed E-state index contributed by atoms with van der Waals surface area (Å²) in [5.74, 6) is -2.95. The van der Waals surface area contributed by atoms with Gasteiger partial charge in [-0.25, -0.2) is 27.9 Å². The zero-order valence-corrected chi connectivity index (χ0v) is 18.3. The lowest BCUT2D eigenvalue weighted by molar-refractivity contribution is -0.192. The number of hydrogen-bond acceptors (Lipinski definition) is 6. The van der Waals surface area contributed by atoms with Crippen LogP contribution in [-0.2, 0) is 10.2 Å². The van der Waals surface area contributed by atoms with Crippen molar-refractivity contribution in [2.24, 2.45) is 0 Å². The number of alkyl halides is 6. The zero-order valence-electron chi connectivity index (χ0n) is 18.3. The van der Waals surface area contributed by atoms with Gasteiger partial charge in [-0.05, 0) is 31.4 Å². The number of carboxylic acids is 1. The molecular weight excluding hydrogens is 500 g/mol. The molecule has 0 atom stereocenters. The monoisotopic (exact) mass is 517 g/mol. The highest BCUT2D eigenvalue weighted by atomic mass is 19.4. The fraction of sp³-hybridized carbons (Fsp3) is 0.381. The Morgan fingerprint density at radius 3 is 2.31 bits per heavy atom. The molecule has 3 aliphatic rings. The van der Waals surface area contributed by atoms with E-state index in [1.807, 2.05) is 0 Å². The van der Waals surface area contributed by atoms with Crippen LogP contribution in [0.1, 0.15) is 47.6 Å². The van der Waals surface area contributed by atoms with E-state index in [-0.39, 0.29) is 22.7 Å². The molecule has 2 N–H and O–H groups in total. The summed E-state index contributed by atoms with van der Waals surface area (Å²) in [5, 5.41) is 9.71. The molecule has 3 heterocycles. The first-order valence-electron chi connectivity index (χ1n) is 10.2. The van der Waals surface area contributed by atoms with Crippen LogP contribution in [-0.4, -0.2) is 55.3 Å². The molecule has 0 aliphatic heterocycles. The van der Waals surface area contributed by atoms with Gasteiger partial charge >= 0.3 is 12.1 Å². The highest BCUT2D eigenvalue weighted by molar-refractivity contribution is 6.03. The Kier molecular flexibility index (Phi) is 6.04. The van der Waals surface area contributed by atoms with Gasteiger partial charge in [-0.1, -0.05) is 6.07 Å². The fourth-order valence-corrected chi connectivity index (χ4v) is 4.23. The van der Waals surface area contributed by atoms with E-state index < -0.39 is 35.8 Å². The Balaban J connectivity index is 0.000000384. The molecule has 192 valence electrons. The van der Waals surface area contributed by atoms with Gasteiger partial charge in [0, 0.05) is 17.8 Å². The number of amides is 1. The number of halogens is 6.